The molecule has 1 aliphatic rings. The smallest absolute Gasteiger partial charge is 0.410 e. The number of primary amides is 1. The molecule has 9 nitrogen and oxygen atoms in total. The minimum Gasteiger partial charge on any atom is -0.496 e. The molecule has 0 radical (unpaired) electrons. The molecule has 1 fully saturated rings. The lowest BCUT2D eigenvalue weighted by molar-refractivity contribution is 0.0144. The van der Waals surface area contributed by atoms with Crippen molar-refractivity contribution >= 4 is 50.9 Å². The molecule has 0 bridgehead atoms. The van der Waals surface area contributed by atoms with Crippen LogP contribution in [0.15, 0.2) is 48.7 Å². The number of fused-ring (bicyclic) bond motifs is 1. The first-order chi connectivity index (χ1) is 22.7. The average molecular weight is 699 g/mol. The number of carbonyl (C=O) groups excluding carboxylic acids is 3. The summed E-state index contributed by atoms with van der Waals surface area (Å²) in [4.78, 5) is 46.3. The molecule has 2 heterocycles. The van der Waals surface area contributed by atoms with Gasteiger partial charge in [-0.3, -0.25) is 14.6 Å². The first-order valence-corrected chi connectivity index (χ1v) is 16.6. The van der Waals surface area contributed by atoms with E-state index in [9.17, 15) is 23.2 Å². The molecule has 48 heavy (non-hydrogen) atoms. The average Bonchev–Trinajstić information content (AvgIpc) is 3.42. The molecule has 5 rings (SSSR count). The van der Waals surface area contributed by atoms with Crippen molar-refractivity contribution in [3.63, 3.8) is 0 Å². The predicted molar refractivity (Wildman–Crippen MR) is 181 cm³/mol. The molecule has 2 aromatic carbocycles. The van der Waals surface area contributed by atoms with E-state index >= 15 is 0 Å². The number of carbonyl (C=O) groups is 3. The second-order valence-corrected chi connectivity index (χ2v) is 14.2. The number of pyridine rings is 1. The summed E-state index contributed by atoms with van der Waals surface area (Å²) in [5.41, 5.74) is 6.99. The molecule has 2 aromatic heterocycles. The molecule has 254 valence electrons. The highest BCUT2D eigenvalue weighted by atomic mass is 35.5. The summed E-state index contributed by atoms with van der Waals surface area (Å²) in [5, 5.41) is -0.271. The van der Waals surface area contributed by atoms with E-state index in [0.717, 1.165) is 29.0 Å². The van der Waals surface area contributed by atoms with Crippen molar-refractivity contribution in [1.82, 2.24) is 14.8 Å². The van der Waals surface area contributed by atoms with E-state index < -0.39 is 35.1 Å². The second kappa shape index (κ2) is 14.1. The molecule has 2 N–H and O–H groups in total. The summed E-state index contributed by atoms with van der Waals surface area (Å²) in [7, 11) is 3.23. The molecule has 13 heteroatoms. The normalized spacial score (nSPS) is 16.4. The summed E-state index contributed by atoms with van der Waals surface area (Å²) in [6.45, 7) is 5.51. The summed E-state index contributed by atoms with van der Waals surface area (Å²) in [6, 6.07) is 10.4. The van der Waals surface area contributed by atoms with E-state index in [1.807, 2.05) is 32.9 Å². The number of halogens is 3. The minimum atomic E-state index is -0.717. The van der Waals surface area contributed by atoms with E-state index in [1.54, 1.807) is 35.0 Å². The van der Waals surface area contributed by atoms with Crippen LogP contribution in [0.4, 0.5) is 13.6 Å². The van der Waals surface area contributed by atoms with Crippen molar-refractivity contribution in [2.75, 3.05) is 14.2 Å². The van der Waals surface area contributed by atoms with Gasteiger partial charge >= 0.3 is 6.09 Å². The Morgan fingerprint density at radius 3 is 2.27 bits per heavy atom. The molecule has 0 saturated heterocycles. The van der Waals surface area contributed by atoms with Gasteiger partial charge in [-0.1, -0.05) is 17.7 Å². The third-order valence-corrected chi connectivity index (χ3v) is 10.1. The first kappa shape index (κ1) is 35.0. The topological polar surface area (TPSA) is 115 Å². The van der Waals surface area contributed by atoms with Crippen LogP contribution in [-0.2, 0) is 11.3 Å². The van der Waals surface area contributed by atoms with Crippen LogP contribution in [0.5, 0.6) is 5.75 Å². The SMILES string of the molecule is COc1ccc(-c2ccnc(C(N)=O)c2)cc1CN(C(=O)c1sc2c(F)ccc(F)c2c1Cl)[C@H]1CC[C@H](N(C)C(=O)OC(C)(C)C)CC1. The molecule has 1 saturated carbocycles. The van der Waals surface area contributed by atoms with Gasteiger partial charge in [0.05, 0.1) is 22.2 Å². The summed E-state index contributed by atoms with van der Waals surface area (Å²) in [5.74, 6) is -2.01. The number of methoxy groups -OCH3 is 1. The molecular formula is C35H37ClF2N4O5S. The van der Waals surface area contributed by atoms with Crippen molar-refractivity contribution in [2.24, 2.45) is 5.73 Å². The molecule has 4 aromatic rings. The Balaban J connectivity index is 1.51. The Kier molecular flexibility index (Phi) is 10.3. The Labute approximate surface area is 286 Å². The van der Waals surface area contributed by atoms with Crippen molar-refractivity contribution < 1.29 is 32.6 Å². The van der Waals surface area contributed by atoms with E-state index in [0.29, 0.717) is 42.6 Å². The Morgan fingerprint density at radius 1 is 1.00 bits per heavy atom. The van der Waals surface area contributed by atoms with Crippen molar-refractivity contribution in [1.29, 1.82) is 0 Å². The number of nitrogens with two attached hydrogens (primary N) is 1. The van der Waals surface area contributed by atoms with Gasteiger partial charge in [-0.15, -0.1) is 11.3 Å². The molecule has 1 aliphatic carbocycles. The van der Waals surface area contributed by atoms with Crippen molar-refractivity contribution in [2.45, 2.75) is 70.7 Å². The zero-order chi connectivity index (χ0) is 34.9. The highest BCUT2D eigenvalue weighted by molar-refractivity contribution is 7.21. The van der Waals surface area contributed by atoms with Crippen LogP contribution in [0.25, 0.3) is 21.2 Å². The predicted octanol–water partition coefficient (Wildman–Crippen LogP) is 7.82. The van der Waals surface area contributed by atoms with Gasteiger partial charge in [-0.2, -0.15) is 0 Å². The number of ether oxygens (including phenoxy) is 2. The van der Waals surface area contributed by atoms with Gasteiger partial charge in [0.25, 0.3) is 11.8 Å². The van der Waals surface area contributed by atoms with E-state index in [1.165, 1.54) is 13.3 Å². The van der Waals surface area contributed by atoms with Crippen molar-refractivity contribution in [3.05, 3.63) is 81.5 Å². The van der Waals surface area contributed by atoms with Gasteiger partial charge in [0.15, 0.2) is 0 Å². The standard InChI is InChI=1S/C35H37ClF2N4O5S/c1-35(2,3)47-34(45)41(4)22-7-9-23(10-8-22)42(33(44)31-29(36)28-24(37)11-12-25(38)30(28)48-31)18-21-16-19(6-13-27(21)46-5)20-14-15-40-26(17-20)32(39)43/h6,11-17,22-23H,7-10,18H2,1-5H3,(H2,39,43)/t22-,23-. The largest absolute Gasteiger partial charge is 0.496 e. The summed E-state index contributed by atoms with van der Waals surface area (Å²) >= 11 is 7.42. The lowest BCUT2D eigenvalue weighted by atomic mass is 9.89. The molecule has 0 aliphatic heterocycles. The van der Waals surface area contributed by atoms with E-state index in [2.05, 4.69) is 4.98 Å². The van der Waals surface area contributed by atoms with Crippen LogP contribution in [-0.4, -0.2) is 64.5 Å². The maximum absolute atomic E-state index is 14.8. The highest BCUT2D eigenvalue weighted by Crippen LogP contribution is 2.41. The van der Waals surface area contributed by atoms with Crippen LogP contribution >= 0.6 is 22.9 Å². The monoisotopic (exact) mass is 698 g/mol. The zero-order valence-electron chi connectivity index (χ0n) is 27.3. The van der Waals surface area contributed by atoms with Gasteiger partial charge in [0.2, 0.25) is 0 Å². The van der Waals surface area contributed by atoms with Crippen LogP contribution < -0.4 is 10.5 Å². The Morgan fingerprint density at radius 2 is 1.65 bits per heavy atom. The lowest BCUT2D eigenvalue weighted by Crippen LogP contribution is -2.47. The van der Waals surface area contributed by atoms with Crippen LogP contribution in [0.3, 0.4) is 0 Å². The molecule has 0 unspecified atom stereocenters. The quantitative estimate of drug-likeness (QED) is 0.201. The number of nitrogens with zero attached hydrogens (tertiary/aromatic N) is 3. The molecule has 0 spiro atoms. The summed E-state index contributed by atoms with van der Waals surface area (Å²) < 4.78 is 40.8. The van der Waals surface area contributed by atoms with Crippen LogP contribution in [0.2, 0.25) is 5.02 Å². The number of benzene rings is 2. The third-order valence-electron chi connectivity index (χ3n) is 8.44. The second-order valence-electron chi connectivity index (χ2n) is 12.8. The number of rotatable bonds is 8. The van der Waals surface area contributed by atoms with Crippen LogP contribution in [0.1, 0.15) is 72.2 Å². The fraction of sp³-hybridized carbons (Fsp3) is 0.371. The van der Waals surface area contributed by atoms with E-state index in [4.69, 9.17) is 26.8 Å². The molecule has 3 amide bonds. The Bertz CT molecular complexity index is 1870. The fourth-order valence-electron chi connectivity index (χ4n) is 5.98. The summed E-state index contributed by atoms with van der Waals surface area (Å²) in [6.07, 6.45) is 3.35. The maximum Gasteiger partial charge on any atom is 0.410 e. The maximum atomic E-state index is 14.8. The van der Waals surface area contributed by atoms with Gasteiger partial charge in [0.1, 0.15) is 33.6 Å². The first-order valence-electron chi connectivity index (χ1n) is 15.4. The molecular weight excluding hydrogens is 662 g/mol. The zero-order valence-corrected chi connectivity index (χ0v) is 28.9. The van der Waals surface area contributed by atoms with E-state index in [-0.39, 0.29) is 44.3 Å². The third kappa shape index (κ3) is 7.39. The fourth-order valence-corrected chi connectivity index (χ4v) is 7.49. The Hall–Kier alpha value is -4.29. The number of hydrogen-bond donors (Lipinski definition) is 1. The van der Waals surface area contributed by atoms with Gasteiger partial charge in [-0.05, 0) is 94.0 Å². The van der Waals surface area contributed by atoms with Gasteiger partial charge < -0.3 is 25.0 Å². The lowest BCUT2D eigenvalue weighted by Gasteiger charge is -2.40. The number of thiophene rings is 1. The molecule has 0 atom stereocenters. The highest BCUT2D eigenvalue weighted by Gasteiger charge is 2.35. The van der Waals surface area contributed by atoms with Gasteiger partial charge in [-0.25, -0.2) is 13.6 Å². The number of hydrogen-bond acceptors (Lipinski definition) is 7. The number of amides is 3. The minimum absolute atomic E-state index is 0.0269. The van der Waals surface area contributed by atoms with Gasteiger partial charge in [0, 0.05) is 37.4 Å². The van der Waals surface area contributed by atoms with Crippen LogP contribution in [0, 0.1) is 11.6 Å². The van der Waals surface area contributed by atoms with Crippen molar-refractivity contribution in [3.8, 4) is 16.9 Å². The number of aromatic nitrogens is 1.